The molecule has 0 bridgehead atoms. The third kappa shape index (κ3) is 29.0. The molecule has 0 atom stereocenters. The third-order valence-corrected chi connectivity index (χ3v) is 19.6. The summed E-state index contributed by atoms with van der Waals surface area (Å²) in [6.45, 7) is 12.8. The number of halogens is 2. The number of methoxy groups -OCH3 is 1. The van der Waals surface area contributed by atoms with Crippen LogP contribution in [0.4, 0.5) is 0 Å². The van der Waals surface area contributed by atoms with Crippen LogP contribution in [0.25, 0.3) is 0 Å². The summed E-state index contributed by atoms with van der Waals surface area (Å²) in [5, 5.41) is 0.657. The van der Waals surface area contributed by atoms with Crippen molar-refractivity contribution in [1.29, 1.82) is 0 Å². The highest BCUT2D eigenvalue weighted by atomic mass is 35.5. The normalized spacial score (nSPS) is 12.0. The summed E-state index contributed by atoms with van der Waals surface area (Å²) in [4.78, 5) is 0. The van der Waals surface area contributed by atoms with Crippen molar-refractivity contribution in [2.24, 2.45) is 0 Å². The standard InChI is InChI=1S/C20H34O2S.C18H30O3S.C16H24Cl2O2S/c1-4-5-11-19-13-15-20(16-14-19)12-9-7-6-8-10-17-23(21,22)18(2)3;1-16(2)22(19,20)15-9-7-5-4-6-8-10-17-11-13-18(21-3)14-12-17;1-13(2)21(19,20)11-7-5-3-4-6-8-14-9-10-15(17)12-16(14)18/h13-16,18H,4-12,17H2,1-3H3;11-14,16H,4-10,15H2,1-3H3;9-10,12-13H,3-8,11H2,1-2H3. The van der Waals surface area contributed by atoms with Gasteiger partial charge < -0.3 is 4.74 Å². The van der Waals surface area contributed by atoms with E-state index in [9.17, 15) is 25.3 Å². The van der Waals surface area contributed by atoms with Crippen molar-refractivity contribution in [3.8, 4) is 5.75 Å². The molecule has 3 aromatic rings. The largest absolute Gasteiger partial charge is 0.497 e. The summed E-state index contributed by atoms with van der Waals surface area (Å²) in [7, 11) is -6.88. The van der Waals surface area contributed by atoms with Crippen molar-refractivity contribution >= 4 is 52.7 Å². The molecule has 12 heteroatoms. The van der Waals surface area contributed by atoms with E-state index in [1.165, 1.54) is 68.1 Å². The van der Waals surface area contributed by atoms with Crippen LogP contribution in [0.2, 0.25) is 10.0 Å². The summed E-state index contributed by atoms with van der Waals surface area (Å²) in [6, 6.07) is 22.9. The fraction of sp³-hybridized carbons (Fsp3) is 0.667. The minimum atomic E-state index is -2.87. The second-order valence-electron chi connectivity index (χ2n) is 18.7. The highest BCUT2D eigenvalue weighted by molar-refractivity contribution is 7.92. The molecule has 0 aliphatic heterocycles. The SMILES string of the molecule is CC(C)S(=O)(=O)CCCCCCCc1ccc(Cl)cc1Cl.CCCCc1ccc(CCCCCCCS(=O)(=O)C(C)C)cc1.COc1ccc(CCCCCCCCS(=O)(=O)C(C)C)cc1. The monoisotopic (exact) mass is 1010 g/mol. The smallest absolute Gasteiger partial charge is 0.152 e. The Balaban J connectivity index is 0.000000496. The van der Waals surface area contributed by atoms with Gasteiger partial charge in [0.1, 0.15) is 5.75 Å². The fourth-order valence-corrected chi connectivity index (χ4v) is 10.9. The Morgan fingerprint density at radius 2 is 0.742 bits per heavy atom. The van der Waals surface area contributed by atoms with Crippen LogP contribution < -0.4 is 4.74 Å². The molecule has 3 rings (SSSR count). The van der Waals surface area contributed by atoms with Crippen LogP contribution in [0.3, 0.4) is 0 Å². The van der Waals surface area contributed by atoms with Gasteiger partial charge in [0.2, 0.25) is 0 Å². The first kappa shape index (κ1) is 61.9. The van der Waals surface area contributed by atoms with Gasteiger partial charge in [-0.3, -0.25) is 0 Å². The quantitative estimate of drug-likeness (QED) is 0.0573. The Morgan fingerprint density at radius 3 is 1.08 bits per heavy atom. The molecule has 0 spiro atoms. The predicted molar refractivity (Wildman–Crippen MR) is 286 cm³/mol. The Bertz CT molecular complexity index is 2030. The molecule has 0 heterocycles. The van der Waals surface area contributed by atoms with Gasteiger partial charge in [-0.25, -0.2) is 25.3 Å². The van der Waals surface area contributed by atoms with Crippen molar-refractivity contribution in [1.82, 2.24) is 0 Å². The third-order valence-electron chi connectivity index (χ3n) is 12.1. The van der Waals surface area contributed by atoms with E-state index in [1.54, 1.807) is 54.7 Å². The molecular formula is C54H88Cl2O7S3. The van der Waals surface area contributed by atoms with E-state index in [4.69, 9.17) is 27.9 Å². The minimum absolute atomic E-state index is 0.234. The lowest BCUT2D eigenvalue weighted by Crippen LogP contribution is -2.17. The van der Waals surface area contributed by atoms with Crippen LogP contribution in [0.5, 0.6) is 5.75 Å². The highest BCUT2D eigenvalue weighted by Crippen LogP contribution is 2.23. The van der Waals surface area contributed by atoms with Crippen LogP contribution in [-0.4, -0.2) is 65.4 Å². The van der Waals surface area contributed by atoms with Crippen molar-refractivity contribution in [3.63, 3.8) is 0 Å². The Hall–Kier alpha value is -2.11. The molecule has 0 aliphatic carbocycles. The maximum Gasteiger partial charge on any atom is 0.152 e. The zero-order chi connectivity index (χ0) is 49.4. The van der Waals surface area contributed by atoms with Crippen molar-refractivity contribution in [2.75, 3.05) is 24.4 Å². The average molecular weight is 1020 g/mol. The van der Waals surface area contributed by atoms with Crippen LogP contribution >= 0.6 is 23.2 Å². The summed E-state index contributed by atoms with van der Waals surface area (Å²) < 4.78 is 75.1. The number of rotatable bonds is 32. The van der Waals surface area contributed by atoms with E-state index in [0.29, 0.717) is 22.3 Å². The molecule has 0 aliphatic rings. The second-order valence-corrected chi connectivity index (χ2v) is 27.5. The number of aryl methyl sites for hydroxylation is 4. The molecule has 0 saturated carbocycles. The van der Waals surface area contributed by atoms with E-state index < -0.39 is 29.5 Å². The van der Waals surface area contributed by atoms with E-state index >= 15 is 0 Å². The summed E-state index contributed by atoms with van der Waals surface area (Å²) >= 11 is 12.0. The van der Waals surface area contributed by atoms with Crippen molar-refractivity contribution in [2.45, 2.75) is 205 Å². The highest BCUT2D eigenvalue weighted by Gasteiger charge is 2.16. The van der Waals surface area contributed by atoms with Crippen LogP contribution in [0.15, 0.2) is 66.7 Å². The molecule has 3 aromatic carbocycles. The number of hydrogen-bond donors (Lipinski definition) is 0. The van der Waals surface area contributed by atoms with Crippen molar-refractivity contribution < 1.29 is 30.0 Å². The molecule has 0 fully saturated rings. The van der Waals surface area contributed by atoms with Gasteiger partial charge in [0.25, 0.3) is 0 Å². The molecular weight excluding hydrogens is 928 g/mol. The van der Waals surface area contributed by atoms with Crippen molar-refractivity contribution in [3.05, 3.63) is 99.0 Å². The number of hydrogen-bond acceptors (Lipinski definition) is 7. The van der Waals surface area contributed by atoms with Crippen LogP contribution in [0.1, 0.15) is 186 Å². The van der Waals surface area contributed by atoms with E-state index in [2.05, 4.69) is 43.3 Å². The van der Waals surface area contributed by atoms with E-state index in [-0.39, 0.29) is 15.7 Å². The Kier molecular flexibility index (Phi) is 32.9. The summed E-state index contributed by atoms with van der Waals surface area (Å²) in [6.07, 6.45) is 23.8. The zero-order valence-corrected chi connectivity index (χ0v) is 46.1. The van der Waals surface area contributed by atoms with E-state index in [1.807, 2.05) is 24.3 Å². The number of benzene rings is 3. The molecule has 0 saturated heterocycles. The van der Waals surface area contributed by atoms with Gasteiger partial charge in [0.15, 0.2) is 29.5 Å². The van der Waals surface area contributed by atoms with E-state index in [0.717, 1.165) is 106 Å². The van der Waals surface area contributed by atoms with Gasteiger partial charge in [-0.2, -0.15) is 0 Å². The number of unbranched alkanes of at least 4 members (excludes halogenated alkanes) is 14. The number of sulfone groups is 3. The summed E-state index contributed by atoms with van der Waals surface area (Å²) in [5.41, 5.74) is 5.35. The topological polar surface area (TPSA) is 112 Å². The molecule has 0 amide bonds. The maximum atomic E-state index is 11.7. The van der Waals surface area contributed by atoms with Gasteiger partial charge >= 0.3 is 0 Å². The summed E-state index contributed by atoms with van der Waals surface area (Å²) in [5.74, 6) is 1.91. The zero-order valence-electron chi connectivity index (χ0n) is 42.1. The molecule has 0 aromatic heterocycles. The molecule has 378 valence electrons. The molecule has 0 radical (unpaired) electrons. The van der Waals surface area contributed by atoms with Gasteiger partial charge in [-0.15, -0.1) is 0 Å². The van der Waals surface area contributed by atoms with Gasteiger partial charge in [-0.1, -0.05) is 143 Å². The Morgan fingerprint density at radius 1 is 0.424 bits per heavy atom. The Labute approximate surface area is 414 Å². The fourth-order valence-electron chi connectivity index (χ4n) is 7.13. The van der Waals surface area contributed by atoms with Gasteiger partial charge in [0.05, 0.1) is 40.1 Å². The van der Waals surface area contributed by atoms with Crippen LogP contribution in [0, 0.1) is 0 Å². The first-order valence-electron chi connectivity index (χ1n) is 25.0. The minimum Gasteiger partial charge on any atom is -0.497 e. The van der Waals surface area contributed by atoms with Gasteiger partial charge in [0, 0.05) is 10.0 Å². The first-order chi connectivity index (χ1) is 31.2. The van der Waals surface area contributed by atoms with Gasteiger partial charge in [-0.05, 0) is 159 Å². The molecule has 0 unspecified atom stereocenters. The average Bonchev–Trinajstić information content (AvgIpc) is 3.27. The predicted octanol–water partition coefficient (Wildman–Crippen LogP) is 15.1. The molecule has 66 heavy (non-hydrogen) atoms. The first-order valence-corrected chi connectivity index (χ1v) is 30.9. The lowest BCUT2D eigenvalue weighted by atomic mass is 10.0. The molecule has 0 N–H and O–H groups in total. The second kappa shape index (κ2) is 35.1. The van der Waals surface area contributed by atoms with Crippen LogP contribution in [-0.2, 0) is 55.2 Å². The number of ether oxygens (including phenoxy) is 1. The molecule has 7 nitrogen and oxygen atoms in total. The maximum absolute atomic E-state index is 11.7. The lowest BCUT2D eigenvalue weighted by molar-refractivity contribution is 0.414. The lowest BCUT2D eigenvalue weighted by Gasteiger charge is -2.07.